The molecule has 1 aliphatic rings. The third-order valence-electron chi connectivity index (χ3n) is 3.71. The molecule has 0 aliphatic carbocycles. The molecule has 1 heterocycles. The van der Waals surface area contributed by atoms with Crippen LogP contribution in [-0.4, -0.2) is 71.6 Å². The molecule has 1 N–H and O–H groups in total. The number of benzene rings is 1. The minimum absolute atomic E-state index is 0.357. The normalized spacial score (nSPS) is 15.0. The summed E-state index contributed by atoms with van der Waals surface area (Å²) in [6.07, 6.45) is 0. The second-order valence-electron chi connectivity index (χ2n) is 5.15. The first-order chi connectivity index (χ1) is 11.7. The van der Waals surface area contributed by atoms with E-state index in [-0.39, 0.29) is 5.91 Å². The molecule has 134 valence electrons. The molecule has 24 heavy (non-hydrogen) atoms. The van der Waals surface area contributed by atoms with E-state index in [2.05, 4.69) is 10.4 Å². The summed E-state index contributed by atoms with van der Waals surface area (Å²) in [5.74, 6) is 0.881. The average Bonchev–Trinajstić information content (AvgIpc) is 2.64. The Morgan fingerprint density at radius 2 is 1.75 bits per heavy atom. The van der Waals surface area contributed by atoms with E-state index in [1.807, 2.05) is 0 Å². The van der Waals surface area contributed by atoms with Crippen LogP contribution in [0, 0.1) is 0 Å². The molecule has 8 heteroatoms. The van der Waals surface area contributed by atoms with Crippen molar-refractivity contribution < 1.29 is 28.6 Å². The molecule has 1 aromatic rings. The van der Waals surface area contributed by atoms with Crippen molar-refractivity contribution in [1.29, 1.82) is 0 Å². The monoisotopic (exact) mass is 340 g/mol. The maximum atomic E-state index is 12.2. The van der Waals surface area contributed by atoms with Crippen molar-refractivity contribution in [3.63, 3.8) is 0 Å². The second-order valence-corrected chi connectivity index (χ2v) is 5.15. The van der Waals surface area contributed by atoms with Crippen molar-refractivity contribution in [1.82, 2.24) is 10.4 Å². The molecular formula is C16H24N2O6. The molecule has 8 nitrogen and oxygen atoms in total. The molecule has 0 spiro atoms. The number of carbonyl (C=O) groups is 1. The van der Waals surface area contributed by atoms with E-state index in [0.717, 1.165) is 32.8 Å². The van der Waals surface area contributed by atoms with Gasteiger partial charge in [0.05, 0.1) is 41.2 Å². The van der Waals surface area contributed by atoms with Gasteiger partial charge in [-0.1, -0.05) is 0 Å². The Morgan fingerprint density at radius 3 is 2.29 bits per heavy atom. The molecule has 0 atom stereocenters. The van der Waals surface area contributed by atoms with Gasteiger partial charge in [-0.3, -0.25) is 14.5 Å². The summed E-state index contributed by atoms with van der Waals surface area (Å²) in [5.41, 5.74) is 2.79. The van der Waals surface area contributed by atoms with Gasteiger partial charge in [-0.25, -0.2) is 5.48 Å². The number of hydrogen-bond acceptors (Lipinski definition) is 7. The molecular weight excluding hydrogens is 316 g/mol. The van der Waals surface area contributed by atoms with Gasteiger partial charge in [-0.05, 0) is 12.1 Å². The van der Waals surface area contributed by atoms with E-state index in [4.69, 9.17) is 23.8 Å². The minimum atomic E-state index is -0.378. The number of ether oxygens (including phenoxy) is 4. The number of nitrogens with one attached hydrogen (secondary N) is 1. The first-order valence-electron chi connectivity index (χ1n) is 7.71. The third-order valence-corrected chi connectivity index (χ3v) is 3.71. The van der Waals surface area contributed by atoms with Crippen LogP contribution in [0.15, 0.2) is 12.1 Å². The molecule has 1 fully saturated rings. The van der Waals surface area contributed by atoms with Crippen LogP contribution >= 0.6 is 0 Å². The molecule has 0 unspecified atom stereocenters. The lowest BCUT2D eigenvalue weighted by atomic mass is 10.1. The van der Waals surface area contributed by atoms with Gasteiger partial charge in [-0.2, -0.15) is 0 Å². The third kappa shape index (κ3) is 4.73. The molecule has 1 aliphatic heterocycles. The summed E-state index contributed by atoms with van der Waals surface area (Å²) in [6, 6.07) is 3.14. The van der Waals surface area contributed by atoms with Gasteiger partial charge in [0.15, 0.2) is 11.5 Å². The molecule has 1 amide bonds. The van der Waals surface area contributed by atoms with Gasteiger partial charge in [0.25, 0.3) is 5.91 Å². The largest absolute Gasteiger partial charge is 0.493 e. The predicted molar refractivity (Wildman–Crippen MR) is 86.8 cm³/mol. The van der Waals surface area contributed by atoms with Crippen molar-refractivity contribution in [2.24, 2.45) is 0 Å². The summed E-state index contributed by atoms with van der Waals surface area (Å²) in [7, 11) is 4.50. The summed E-state index contributed by atoms with van der Waals surface area (Å²) >= 11 is 0. The highest BCUT2D eigenvalue weighted by atomic mass is 16.7. The highest BCUT2D eigenvalue weighted by Crippen LogP contribution is 2.38. The molecule has 0 bridgehead atoms. The Balaban J connectivity index is 1.89. The lowest BCUT2D eigenvalue weighted by Gasteiger charge is -2.26. The fourth-order valence-electron chi connectivity index (χ4n) is 2.39. The number of methoxy groups -OCH3 is 3. The minimum Gasteiger partial charge on any atom is -0.493 e. The number of morpholine rings is 1. The highest BCUT2D eigenvalue weighted by molar-refractivity contribution is 5.95. The summed E-state index contributed by atoms with van der Waals surface area (Å²) in [6.45, 7) is 4.36. The van der Waals surface area contributed by atoms with Crippen molar-refractivity contribution >= 4 is 5.91 Å². The first kappa shape index (κ1) is 18.3. The summed E-state index contributed by atoms with van der Waals surface area (Å²) in [5, 5.41) is 0. The van der Waals surface area contributed by atoms with Gasteiger partial charge in [0.2, 0.25) is 5.75 Å². The van der Waals surface area contributed by atoms with Crippen LogP contribution in [0.5, 0.6) is 17.2 Å². The quantitative estimate of drug-likeness (QED) is 0.551. The van der Waals surface area contributed by atoms with Crippen LogP contribution < -0.4 is 19.7 Å². The van der Waals surface area contributed by atoms with Crippen molar-refractivity contribution in [3.8, 4) is 17.2 Å². The number of hydrogen-bond donors (Lipinski definition) is 1. The van der Waals surface area contributed by atoms with Crippen molar-refractivity contribution in [3.05, 3.63) is 17.7 Å². The van der Waals surface area contributed by atoms with Crippen LogP contribution in [0.25, 0.3) is 0 Å². The predicted octanol–water partition coefficient (Wildman–Crippen LogP) is 0.706. The summed E-state index contributed by atoms with van der Waals surface area (Å²) in [4.78, 5) is 19.7. The Kier molecular flexibility index (Phi) is 7.10. The van der Waals surface area contributed by atoms with Gasteiger partial charge in [-0.15, -0.1) is 0 Å². The zero-order valence-electron chi connectivity index (χ0n) is 14.3. The molecule has 0 saturated carbocycles. The Morgan fingerprint density at radius 1 is 1.12 bits per heavy atom. The average molecular weight is 340 g/mol. The van der Waals surface area contributed by atoms with Gasteiger partial charge < -0.3 is 18.9 Å². The number of nitrogens with zero attached hydrogens (tertiary/aromatic N) is 1. The molecule has 0 radical (unpaired) electrons. The van der Waals surface area contributed by atoms with E-state index in [9.17, 15) is 4.79 Å². The first-order valence-corrected chi connectivity index (χ1v) is 7.71. The number of rotatable bonds is 8. The standard InChI is InChI=1S/C16H24N2O6/c1-20-13-10-12(11-14(21-2)15(13)22-3)16(19)17-24-9-6-18-4-7-23-8-5-18/h10-11H,4-9H2,1-3H3,(H,17,19). The lowest BCUT2D eigenvalue weighted by molar-refractivity contribution is -0.00178. The maximum absolute atomic E-state index is 12.2. The zero-order valence-corrected chi connectivity index (χ0v) is 14.3. The van der Waals surface area contributed by atoms with E-state index < -0.39 is 0 Å². The van der Waals surface area contributed by atoms with E-state index >= 15 is 0 Å². The summed E-state index contributed by atoms with van der Waals surface area (Å²) < 4.78 is 21.0. The van der Waals surface area contributed by atoms with E-state index in [1.54, 1.807) is 12.1 Å². The fraction of sp³-hybridized carbons (Fsp3) is 0.562. The van der Waals surface area contributed by atoms with Gasteiger partial charge in [0, 0.05) is 25.2 Å². The van der Waals surface area contributed by atoms with Gasteiger partial charge in [0.1, 0.15) is 0 Å². The molecule has 0 aromatic heterocycles. The second kappa shape index (κ2) is 9.31. The lowest BCUT2D eigenvalue weighted by Crippen LogP contribution is -2.39. The smallest absolute Gasteiger partial charge is 0.275 e. The van der Waals surface area contributed by atoms with Gasteiger partial charge >= 0.3 is 0 Å². The van der Waals surface area contributed by atoms with Crippen LogP contribution in [0.4, 0.5) is 0 Å². The van der Waals surface area contributed by atoms with Crippen LogP contribution in [0.1, 0.15) is 10.4 Å². The molecule has 1 saturated heterocycles. The topological polar surface area (TPSA) is 78.5 Å². The molecule has 2 rings (SSSR count). The van der Waals surface area contributed by atoms with Crippen LogP contribution in [-0.2, 0) is 9.57 Å². The van der Waals surface area contributed by atoms with E-state index in [1.165, 1.54) is 21.3 Å². The zero-order chi connectivity index (χ0) is 17.4. The maximum Gasteiger partial charge on any atom is 0.275 e. The fourth-order valence-corrected chi connectivity index (χ4v) is 2.39. The Labute approximate surface area is 141 Å². The van der Waals surface area contributed by atoms with Crippen LogP contribution in [0.2, 0.25) is 0 Å². The number of carbonyl (C=O) groups excluding carboxylic acids is 1. The SMILES string of the molecule is COc1cc(C(=O)NOCCN2CCOCC2)cc(OC)c1OC. The Bertz CT molecular complexity index is 520. The van der Waals surface area contributed by atoms with Crippen molar-refractivity contribution in [2.75, 3.05) is 60.8 Å². The number of hydroxylamine groups is 1. The molecule has 1 aromatic carbocycles. The van der Waals surface area contributed by atoms with E-state index in [0.29, 0.717) is 29.4 Å². The highest BCUT2D eigenvalue weighted by Gasteiger charge is 2.17. The van der Waals surface area contributed by atoms with Crippen molar-refractivity contribution in [2.45, 2.75) is 0 Å². The Hall–Kier alpha value is -2.03. The van der Waals surface area contributed by atoms with Crippen LogP contribution in [0.3, 0.4) is 0 Å². The number of amides is 1.